The van der Waals surface area contributed by atoms with Crippen molar-refractivity contribution in [2.75, 3.05) is 6.61 Å². The summed E-state index contributed by atoms with van der Waals surface area (Å²) in [5.74, 6) is -1.71. The van der Waals surface area contributed by atoms with Crippen LogP contribution in [0.2, 0.25) is 0 Å². The zero-order valence-corrected chi connectivity index (χ0v) is 24.7. The van der Waals surface area contributed by atoms with Crippen LogP contribution in [0.5, 0.6) is 11.5 Å². The Morgan fingerprint density at radius 1 is 0.875 bits per heavy atom. The van der Waals surface area contributed by atoms with E-state index in [1.54, 1.807) is 27.7 Å². The normalized spacial score (nSPS) is 13.8. The minimum absolute atomic E-state index is 0.153. The number of carboxylic acid groups (broad SMARTS) is 1. The lowest BCUT2D eigenvalue weighted by Gasteiger charge is -2.28. The highest BCUT2D eigenvalue weighted by molar-refractivity contribution is 5.79. The van der Waals surface area contributed by atoms with Crippen LogP contribution >= 0.6 is 0 Å². The fraction of sp³-hybridized carbons (Fsp3) is 0.643. The second-order valence-electron chi connectivity index (χ2n) is 10.8. The maximum absolute atomic E-state index is 12.5. The molecule has 0 aromatic heterocycles. The number of hydrogen-bond donors (Lipinski definition) is 2. The number of aliphatic carboxylic acids is 1. The van der Waals surface area contributed by atoms with E-state index in [4.69, 9.17) is 34.2 Å². The smallest absolute Gasteiger partial charge is 0.480 e. The lowest BCUT2D eigenvalue weighted by Crippen LogP contribution is -2.52. The molecule has 0 saturated carbocycles. The van der Waals surface area contributed by atoms with E-state index in [2.05, 4.69) is 0 Å². The Labute approximate surface area is 235 Å². The summed E-state index contributed by atoms with van der Waals surface area (Å²) in [7, 11) is 0. The van der Waals surface area contributed by atoms with Gasteiger partial charge in [-0.3, -0.25) is 4.79 Å². The van der Waals surface area contributed by atoms with Gasteiger partial charge in [0.2, 0.25) is 0 Å². The van der Waals surface area contributed by atoms with Gasteiger partial charge in [0.25, 0.3) is 0 Å². The Bertz CT molecular complexity index is 1040. The summed E-state index contributed by atoms with van der Waals surface area (Å²) in [6.45, 7) is 14.0. The van der Waals surface area contributed by atoms with Crippen LogP contribution in [0.1, 0.15) is 86.6 Å². The first kappa shape index (κ1) is 34.5. The zero-order valence-electron chi connectivity index (χ0n) is 24.7. The Kier molecular flexibility index (Phi) is 12.7. The van der Waals surface area contributed by atoms with Gasteiger partial charge in [0.05, 0.1) is 6.61 Å². The van der Waals surface area contributed by atoms with Crippen molar-refractivity contribution in [1.82, 2.24) is 0 Å². The average Bonchev–Trinajstić information content (AvgIpc) is 2.83. The summed E-state index contributed by atoms with van der Waals surface area (Å²) in [4.78, 5) is 48.9. The van der Waals surface area contributed by atoms with Gasteiger partial charge < -0.3 is 39.3 Å². The second kappa shape index (κ2) is 14.7. The first-order chi connectivity index (χ1) is 18.5. The fourth-order valence-corrected chi connectivity index (χ4v) is 3.18. The molecule has 1 aromatic carbocycles. The molecular formula is C28H43NO11. The van der Waals surface area contributed by atoms with E-state index >= 15 is 0 Å². The molecule has 40 heavy (non-hydrogen) atoms. The summed E-state index contributed by atoms with van der Waals surface area (Å²) < 4.78 is 31.3. The van der Waals surface area contributed by atoms with E-state index < -0.39 is 47.3 Å². The Morgan fingerprint density at radius 3 is 1.88 bits per heavy atom. The van der Waals surface area contributed by atoms with E-state index in [0.29, 0.717) is 24.8 Å². The maximum Gasteiger partial charge on any atom is 0.514 e. The van der Waals surface area contributed by atoms with Crippen molar-refractivity contribution in [3.8, 4) is 11.5 Å². The molecule has 3 N–H and O–H groups in total. The van der Waals surface area contributed by atoms with Crippen LogP contribution < -0.4 is 15.2 Å². The molecule has 0 saturated heterocycles. The molecule has 1 unspecified atom stereocenters. The van der Waals surface area contributed by atoms with Crippen molar-refractivity contribution in [2.45, 2.75) is 110 Å². The molecule has 0 bridgehead atoms. The van der Waals surface area contributed by atoms with Crippen molar-refractivity contribution in [3.63, 3.8) is 0 Å². The third-order valence-electron chi connectivity index (χ3n) is 6.14. The molecule has 226 valence electrons. The highest BCUT2D eigenvalue weighted by Crippen LogP contribution is 2.32. The van der Waals surface area contributed by atoms with Gasteiger partial charge in [-0.1, -0.05) is 26.8 Å². The van der Waals surface area contributed by atoms with Crippen molar-refractivity contribution in [2.24, 2.45) is 5.73 Å². The SMILES string of the molecule is CCCOC(=O)O[C@@H](C)CC(N)(Cc1ccc(OC(=O)OC(C)(C)CC)c(OC(=O)OC(C)(C)CC)c1)C(=O)O. The Morgan fingerprint density at radius 2 is 1.40 bits per heavy atom. The largest absolute Gasteiger partial charge is 0.514 e. The standard InChI is InChI=1S/C28H43NO11/c1-9-14-35-23(32)36-18(4)16-28(29,22(30)31)17-19-12-13-20(37-24(33)39-26(5,6)10-2)21(15-19)38-25(34)40-27(7,8)11-3/h12-13,15,18H,9-11,14,16-17,29H2,1-8H3,(H,30,31)/t18-,28?/m0/s1. The molecule has 0 aliphatic carbocycles. The molecule has 1 rings (SSSR count). The number of nitrogens with two attached hydrogens (primary N) is 1. The second-order valence-corrected chi connectivity index (χ2v) is 10.8. The average molecular weight is 570 g/mol. The lowest BCUT2D eigenvalue weighted by molar-refractivity contribution is -0.144. The molecule has 12 nitrogen and oxygen atoms in total. The summed E-state index contributed by atoms with van der Waals surface area (Å²) in [6.07, 6.45) is -2.76. The number of rotatable bonds is 14. The van der Waals surface area contributed by atoms with Crippen LogP contribution in [-0.2, 0) is 30.2 Å². The number of carboxylic acids is 1. The number of carbonyl (C=O) groups is 4. The predicted octanol–water partition coefficient (Wildman–Crippen LogP) is 5.76. The number of ether oxygens (including phenoxy) is 6. The highest BCUT2D eigenvalue weighted by atomic mass is 16.8. The molecule has 1 aromatic rings. The number of hydrogen-bond acceptors (Lipinski definition) is 11. The van der Waals surface area contributed by atoms with E-state index in [9.17, 15) is 24.3 Å². The van der Waals surface area contributed by atoms with Crippen LogP contribution in [-0.4, -0.2) is 59.0 Å². The first-order valence-electron chi connectivity index (χ1n) is 13.3. The summed E-state index contributed by atoms with van der Waals surface area (Å²) in [6, 6.07) is 4.11. The molecule has 0 spiro atoms. The topological polar surface area (TPSA) is 170 Å². The number of carbonyl (C=O) groups excluding carboxylic acids is 3. The van der Waals surface area contributed by atoms with Crippen LogP contribution in [0.15, 0.2) is 18.2 Å². The molecule has 2 atom stereocenters. The van der Waals surface area contributed by atoms with Gasteiger partial charge in [-0.2, -0.15) is 0 Å². The molecular weight excluding hydrogens is 526 g/mol. The van der Waals surface area contributed by atoms with E-state index in [-0.39, 0.29) is 30.9 Å². The molecule has 0 radical (unpaired) electrons. The van der Waals surface area contributed by atoms with Crippen LogP contribution in [0, 0.1) is 0 Å². The van der Waals surface area contributed by atoms with Crippen molar-refractivity contribution in [1.29, 1.82) is 0 Å². The first-order valence-corrected chi connectivity index (χ1v) is 13.3. The summed E-state index contributed by atoms with van der Waals surface area (Å²) in [5, 5.41) is 9.90. The highest BCUT2D eigenvalue weighted by Gasteiger charge is 2.37. The van der Waals surface area contributed by atoms with Crippen molar-refractivity contribution in [3.05, 3.63) is 23.8 Å². The van der Waals surface area contributed by atoms with Crippen molar-refractivity contribution < 1.29 is 52.7 Å². The molecule has 0 fully saturated rings. The van der Waals surface area contributed by atoms with Gasteiger partial charge in [-0.25, -0.2) is 14.4 Å². The molecule has 0 heterocycles. The van der Waals surface area contributed by atoms with Crippen molar-refractivity contribution >= 4 is 24.4 Å². The lowest BCUT2D eigenvalue weighted by atomic mass is 9.86. The van der Waals surface area contributed by atoms with E-state index in [1.807, 2.05) is 20.8 Å². The van der Waals surface area contributed by atoms with Crippen LogP contribution in [0.4, 0.5) is 14.4 Å². The van der Waals surface area contributed by atoms with Crippen LogP contribution in [0.25, 0.3) is 0 Å². The van der Waals surface area contributed by atoms with Gasteiger partial charge in [0.1, 0.15) is 22.8 Å². The minimum Gasteiger partial charge on any atom is -0.480 e. The number of benzene rings is 1. The molecule has 12 heteroatoms. The predicted molar refractivity (Wildman–Crippen MR) is 144 cm³/mol. The monoisotopic (exact) mass is 569 g/mol. The van der Waals surface area contributed by atoms with E-state index in [1.165, 1.54) is 25.1 Å². The summed E-state index contributed by atoms with van der Waals surface area (Å²) in [5.41, 5.74) is 3.06. The van der Waals surface area contributed by atoms with Gasteiger partial charge in [-0.15, -0.1) is 0 Å². The quantitative estimate of drug-likeness (QED) is 0.158. The van der Waals surface area contributed by atoms with Gasteiger partial charge >= 0.3 is 24.4 Å². The Balaban J connectivity index is 3.26. The van der Waals surface area contributed by atoms with Gasteiger partial charge in [-0.05, 0) is 71.6 Å². The van der Waals surface area contributed by atoms with Crippen LogP contribution in [0.3, 0.4) is 0 Å². The third-order valence-corrected chi connectivity index (χ3v) is 6.14. The third kappa shape index (κ3) is 11.7. The molecule has 0 amide bonds. The van der Waals surface area contributed by atoms with E-state index in [0.717, 1.165) is 0 Å². The molecule has 0 aliphatic heterocycles. The minimum atomic E-state index is -1.88. The maximum atomic E-state index is 12.5. The fourth-order valence-electron chi connectivity index (χ4n) is 3.18. The van der Waals surface area contributed by atoms with Gasteiger partial charge in [0.15, 0.2) is 11.5 Å². The zero-order chi connectivity index (χ0) is 30.7. The molecule has 0 aliphatic rings. The van der Waals surface area contributed by atoms with Gasteiger partial charge in [0, 0.05) is 12.8 Å². The summed E-state index contributed by atoms with van der Waals surface area (Å²) >= 11 is 0. The Hall–Kier alpha value is -3.54.